The van der Waals surface area contributed by atoms with Crippen LogP contribution >= 0.6 is 0 Å². The first-order valence-electron chi connectivity index (χ1n) is 7.93. The molecule has 0 unspecified atom stereocenters. The first-order valence-corrected chi connectivity index (χ1v) is 7.93. The molecule has 1 heterocycles. The van der Waals surface area contributed by atoms with Crippen molar-refractivity contribution in [3.05, 3.63) is 59.2 Å². The van der Waals surface area contributed by atoms with Crippen LogP contribution in [0.2, 0.25) is 0 Å². The summed E-state index contributed by atoms with van der Waals surface area (Å²) in [5, 5.41) is 6.39. The molecule has 3 heteroatoms. The van der Waals surface area contributed by atoms with Crippen LogP contribution in [-0.2, 0) is 17.6 Å². The third-order valence-electron chi connectivity index (χ3n) is 4.09. The summed E-state index contributed by atoms with van der Waals surface area (Å²) in [5.74, 6) is 0.0734. The van der Waals surface area contributed by atoms with Crippen LogP contribution in [0.3, 0.4) is 0 Å². The molecule has 0 fully saturated rings. The van der Waals surface area contributed by atoms with Gasteiger partial charge in [0.2, 0.25) is 5.91 Å². The minimum atomic E-state index is 0.0734. The predicted molar refractivity (Wildman–Crippen MR) is 91.4 cm³/mol. The van der Waals surface area contributed by atoms with E-state index in [0.717, 1.165) is 31.5 Å². The van der Waals surface area contributed by atoms with E-state index in [9.17, 15) is 4.79 Å². The number of carbonyl (C=O) groups excluding carboxylic acids is 1. The Balaban J connectivity index is 1.56. The number of carbonyl (C=O) groups is 1. The normalized spacial score (nSPS) is 13.1. The van der Waals surface area contributed by atoms with E-state index >= 15 is 0 Å². The Labute approximate surface area is 131 Å². The average molecular weight is 294 g/mol. The van der Waals surface area contributed by atoms with Gasteiger partial charge in [-0.3, -0.25) is 4.79 Å². The Hall–Kier alpha value is -2.29. The van der Waals surface area contributed by atoms with Crippen molar-refractivity contribution < 1.29 is 4.79 Å². The quantitative estimate of drug-likeness (QED) is 0.897. The highest BCUT2D eigenvalue weighted by molar-refractivity contribution is 5.91. The molecule has 2 N–H and O–H groups in total. The monoisotopic (exact) mass is 294 g/mol. The van der Waals surface area contributed by atoms with Crippen molar-refractivity contribution in [2.45, 2.75) is 32.6 Å². The molecule has 22 heavy (non-hydrogen) atoms. The zero-order valence-electron chi connectivity index (χ0n) is 13.0. The van der Waals surface area contributed by atoms with E-state index in [1.54, 1.807) is 0 Å². The first kappa shape index (κ1) is 14.6. The Morgan fingerprint density at radius 1 is 1.18 bits per heavy atom. The van der Waals surface area contributed by atoms with Crippen molar-refractivity contribution >= 4 is 17.3 Å². The average Bonchev–Trinajstić information content (AvgIpc) is 2.54. The van der Waals surface area contributed by atoms with Crippen LogP contribution < -0.4 is 10.6 Å². The molecule has 3 rings (SSSR count). The van der Waals surface area contributed by atoms with E-state index < -0.39 is 0 Å². The highest BCUT2D eigenvalue weighted by atomic mass is 16.1. The fourth-order valence-electron chi connectivity index (χ4n) is 2.79. The van der Waals surface area contributed by atoms with Crippen molar-refractivity contribution in [3.8, 4) is 0 Å². The summed E-state index contributed by atoms with van der Waals surface area (Å²) in [6.45, 7) is 3.11. The molecule has 0 saturated heterocycles. The van der Waals surface area contributed by atoms with Gasteiger partial charge in [0.1, 0.15) is 0 Å². The molecule has 0 spiro atoms. The molecule has 2 aromatic carbocycles. The van der Waals surface area contributed by atoms with Gasteiger partial charge < -0.3 is 10.6 Å². The predicted octanol–water partition coefficient (Wildman–Crippen LogP) is 3.92. The maximum atomic E-state index is 12.1. The van der Waals surface area contributed by atoms with Gasteiger partial charge in [0.05, 0.1) is 0 Å². The van der Waals surface area contributed by atoms with Gasteiger partial charge in [-0.15, -0.1) is 0 Å². The van der Waals surface area contributed by atoms with E-state index in [1.807, 2.05) is 6.07 Å². The number of nitrogens with one attached hydrogen (secondary N) is 2. The molecular formula is C19H22N2O. The number of fused-ring (bicyclic) bond motifs is 1. The molecule has 0 aliphatic carbocycles. The molecule has 1 aliphatic rings. The molecule has 0 radical (unpaired) electrons. The minimum Gasteiger partial charge on any atom is -0.385 e. The largest absolute Gasteiger partial charge is 0.385 e. The van der Waals surface area contributed by atoms with Crippen LogP contribution in [-0.4, -0.2) is 12.5 Å². The highest BCUT2D eigenvalue weighted by Crippen LogP contribution is 2.25. The zero-order chi connectivity index (χ0) is 15.4. The molecule has 0 atom stereocenters. The fraction of sp³-hybridized carbons (Fsp3) is 0.316. The lowest BCUT2D eigenvalue weighted by Crippen LogP contribution is -2.15. The second-order valence-electron chi connectivity index (χ2n) is 5.94. The van der Waals surface area contributed by atoms with E-state index in [4.69, 9.17) is 0 Å². The number of hydrogen-bond donors (Lipinski definition) is 2. The van der Waals surface area contributed by atoms with Crippen molar-refractivity contribution in [2.24, 2.45) is 0 Å². The lowest BCUT2D eigenvalue weighted by atomic mass is 10.0. The molecule has 0 bridgehead atoms. The number of anilines is 2. The number of rotatable bonds is 4. The maximum absolute atomic E-state index is 12.1. The van der Waals surface area contributed by atoms with E-state index in [2.05, 4.69) is 54.0 Å². The number of hydrogen-bond acceptors (Lipinski definition) is 2. The summed E-state index contributed by atoms with van der Waals surface area (Å²) in [7, 11) is 0. The summed E-state index contributed by atoms with van der Waals surface area (Å²) < 4.78 is 0. The zero-order valence-corrected chi connectivity index (χ0v) is 13.0. The fourth-order valence-corrected chi connectivity index (χ4v) is 2.79. The highest BCUT2D eigenvalue weighted by Gasteiger charge is 2.10. The van der Waals surface area contributed by atoms with E-state index in [0.29, 0.717) is 6.42 Å². The van der Waals surface area contributed by atoms with Gasteiger partial charge in [0.15, 0.2) is 0 Å². The van der Waals surface area contributed by atoms with Gasteiger partial charge in [-0.25, -0.2) is 0 Å². The van der Waals surface area contributed by atoms with Crippen LogP contribution in [0.15, 0.2) is 42.5 Å². The van der Waals surface area contributed by atoms with Gasteiger partial charge in [0, 0.05) is 24.3 Å². The molecule has 0 aromatic heterocycles. The summed E-state index contributed by atoms with van der Waals surface area (Å²) in [5.41, 5.74) is 5.84. The van der Waals surface area contributed by atoms with Gasteiger partial charge in [-0.05, 0) is 55.5 Å². The van der Waals surface area contributed by atoms with E-state index in [-0.39, 0.29) is 5.91 Å². The molecule has 2 aromatic rings. The third kappa shape index (κ3) is 3.67. The van der Waals surface area contributed by atoms with Crippen molar-refractivity contribution in [3.63, 3.8) is 0 Å². The lowest BCUT2D eigenvalue weighted by molar-refractivity contribution is -0.116. The topological polar surface area (TPSA) is 41.1 Å². The maximum Gasteiger partial charge on any atom is 0.224 e. The van der Waals surface area contributed by atoms with Crippen molar-refractivity contribution in [2.75, 3.05) is 17.2 Å². The minimum absolute atomic E-state index is 0.0734. The SMILES string of the molecule is Cc1ccc(CCC(=O)Nc2ccc3c(c2)CCCN3)cc1. The Kier molecular flexibility index (Phi) is 4.42. The number of benzene rings is 2. The molecule has 0 saturated carbocycles. The first-order chi connectivity index (χ1) is 10.7. The van der Waals surface area contributed by atoms with Crippen LogP contribution in [0.1, 0.15) is 29.5 Å². The summed E-state index contributed by atoms with van der Waals surface area (Å²) in [6.07, 6.45) is 3.52. The van der Waals surface area contributed by atoms with E-state index in [1.165, 1.54) is 22.4 Å². The number of aryl methyl sites for hydroxylation is 3. The second kappa shape index (κ2) is 6.65. The molecule has 114 valence electrons. The molecule has 1 amide bonds. The molecule has 3 nitrogen and oxygen atoms in total. The van der Waals surface area contributed by atoms with Crippen molar-refractivity contribution in [1.29, 1.82) is 0 Å². The van der Waals surface area contributed by atoms with Crippen LogP contribution in [0.5, 0.6) is 0 Å². The smallest absolute Gasteiger partial charge is 0.224 e. The van der Waals surface area contributed by atoms with Crippen LogP contribution in [0, 0.1) is 6.92 Å². The molecular weight excluding hydrogens is 272 g/mol. The summed E-state index contributed by atoms with van der Waals surface area (Å²) in [6, 6.07) is 14.5. The van der Waals surface area contributed by atoms with Gasteiger partial charge >= 0.3 is 0 Å². The van der Waals surface area contributed by atoms with Crippen LogP contribution in [0.25, 0.3) is 0 Å². The Morgan fingerprint density at radius 2 is 2.00 bits per heavy atom. The lowest BCUT2D eigenvalue weighted by Gasteiger charge is -2.18. The van der Waals surface area contributed by atoms with Crippen molar-refractivity contribution in [1.82, 2.24) is 0 Å². The van der Waals surface area contributed by atoms with Gasteiger partial charge in [-0.2, -0.15) is 0 Å². The second-order valence-corrected chi connectivity index (χ2v) is 5.94. The summed E-state index contributed by atoms with van der Waals surface area (Å²) in [4.78, 5) is 12.1. The van der Waals surface area contributed by atoms with Gasteiger partial charge in [-0.1, -0.05) is 29.8 Å². The van der Waals surface area contributed by atoms with Crippen LogP contribution in [0.4, 0.5) is 11.4 Å². The Bertz CT molecular complexity index is 662. The number of amides is 1. The third-order valence-corrected chi connectivity index (χ3v) is 4.09. The van der Waals surface area contributed by atoms with Gasteiger partial charge in [0.25, 0.3) is 0 Å². The molecule has 1 aliphatic heterocycles. The standard InChI is InChI=1S/C19H22N2O/c1-14-4-6-15(7-5-14)8-11-19(22)21-17-9-10-18-16(13-17)3-2-12-20-18/h4-7,9-10,13,20H,2-3,8,11-12H2,1H3,(H,21,22). The Morgan fingerprint density at radius 3 is 2.82 bits per heavy atom. The summed E-state index contributed by atoms with van der Waals surface area (Å²) >= 11 is 0.